The van der Waals surface area contributed by atoms with E-state index in [9.17, 15) is 5.26 Å². The molecule has 14 aromatic rings. The molecule has 0 unspecified atom stereocenters. The van der Waals surface area contributed by atoms with Crippen molar-refractivity contribution in [2.75, 3.05) is 0 Å². The minimum atomic E-state index is 0.468. The summed E-state index contributed by atoms with van der Waals surface area (Å²) >= 11 is 0. The predicted molar refractivity (Wildman–Crippen MR) is 266 cm³/mol. The van der Waals surface area contributed by atoms with Crippen molar-refractivity contribution in [3.63, 3.8) is 0 Å². The summed E-state index contributed by atoms with van der Waals surface area (Å²) in [4.78, 5) is 15.4. The predicted octanol–water partition coefficient (Wildman–Crippen LogP) is 14.3. The molecule has 0 N–H and O–H groups in total. The molecule has 8 nitrogen and oxygen atoms in total. The van der Waals surface area contributed by atoms with Crippen LogP contribution in [-0.2, 0) is 0 Å². The van der Waals surface area contributed by atoms with E-state index in [-0.39, 0.29) is 0 Å². The zero-order chi connectivity index (χ0) is 43.5. The third-order valence-corrected chi connectivity index (χ3v) is 13.1. The molecule has 0 saturated carbocycles. The largest absolute Gasteiger partial charge is 0.456 e. The van der Waals surface area contributed by atoms with Crippen molar-refractivity contribution in [1.29, 1.82) is 5.26 Å². The molecule has 5 heterocycles. The van der Waals surface area contributed by atoms with Crippen molar-refractivity contribution in [1.82, 2.24) is 28.7 Å². The van der Waals surface area contributed by atoms with Gasteiger partial charge in [-0.15, -0.1) is 0 Å². The van der Waals surface area contributed by atoms with Gasteiger partial charge >= 0.3 is 0 Å². The Morgan fingerprint density at radius 2 is 0.955 bits per heavy atom. The van der Waals surface area contributed by atoms with Gasteiger partial charge in [0.25, 0.3) is 0 Å². The quantitative estimate of drug-likeness (QED) is 0.172. The fourth-order valence-corrected chi connectivity index (χ4v) is 10.3. The van der Waals surface area contributed by atoms with Gasteiger partial charge in [0.15, 0.2) is 11.6 Å². The van der Waals surface area contributed by atoms with E-state index in [1.165, 1.54) is 5.39 Å². The maximum absolute atomic E-state index is 11.1. The summed E-state index contributed by atoms with van der Waals surface area (Å²) in [5.41, 5.74) is 11.7. The summed E-state index contributed by atoms with van der Waals surface area (Å²) in [6.45, 7) is 0. The molecule has 14 rings (SSSR count). The first kappa shape index (κ1) is 36.2. The highest BCUT2D eigenvalue weighted by Crippen LogP contribution is 2.44. The van der Waals surface area contributed by atoms with Crippen LogP contribution < -0.4 is 0 Å². The molecular formula is C58H33N7O. The summed E-state index contributed by atoms with van der Waals surface area (Å²) in [6, 6.07) is 71.3. The monoisotopic (exact) mass is 843 g/mol. The molecule has 306 valence electrons. The molecule has 0 bridgehead atoms. The molecule has 8 heteroatoms. The maximum Gasteiger partial charge on any atom is 0.238 e. The molecule has 0 radical (unpaired) electrons. The van der Waals surface area contributed by atoms with E-state index in [1.807, 2.05) is 72.8 Å². The molecule has 0 spiro atoms. The Balaban J connectivity index is 1.00. The lowest BCUT2D eigenvalue weighted by atomic mass is 10.1. The van der Waals surface area contributed by atoms with Gasteiger partial charge < -0.3 is 13.6 Å². The molecular weight excluding hydrogens is 811 g/mol. The Bertz CT molecular complexity index is 4310. The Kier molecular flexibility index (Phi) is 7.59. The number of nitrogens with zero attached hydrogens (tertiary/aromatic N) is 7. The Morgan fingerprint density at radius 1 is 0.394 bits per heavy atom. The summed E-state index contributed by atoms with van der Waals surface area (Å²) in [6.07, 6.45) is 0. The van der Waals surface area contributed by atoms with E-state index in [2.05, 4.69) is 147 Å². The molecule has 5 aromatic heterocycles. The number of para-hydroxylation sites is 5. The minimum absolute atomic E-state index is 0.468. The number of benzene rings is 9. The van der Waals surface area contributed by atoms with Gasteiger partial charge in [0, 0.05) is 54.5 Å². The van der Waals surface area contributed by atoms with Gasteiger partial charge in [-0.05, 0) is 78.9 Å². The highest BCUT2D eigenvalue weighted by atomic mass is 16.3. The molecule has 0 aliphatic carbocycles. The number of hydrogen-bond acceptors (Lipinski definition) is 5. The zero-order valence-electron chi connectivity index (χ0n) is 35.1. The molecule has 0 aliphatic heterocycles. The third kappa shape index (κ3) is 5.16. The second-order valence-corrected chi connectivity index (χ2v) is 16.7. The van der Waals surface area contributed by atoms with Crippen LogP contribution in [0.5, 0.6) is 0 Å². The number of nitriles is 1. The number of hydrogen-bond donors (Lipinski definition) is 0. The van der Waals surface area contributed by atoms with Crippen molar-refractivity contribution in [3.05, 3.63) is 206 Å². The van der Waals surface area contributed by atoms with E-state index in [1.54, 1.807) is 0 Å². The van der Waals surface area contributed by atoms with Gasteiger partial charge in [-0.3, -0.25) is 4.57 Å². The Labute approximate surface area is 376 Å². The lowest BCUT2D eigenvalue weighted by Crippen LogP contribution is -2.06. The van der Waals surface area contributed by atoms with Gasteiger partial charge in [-0.1, -0.05) is 121 Å². The lowest BCUT2D eigenvalue weighted by Gasteiger charge is -2.13. The fourth-order valence-electron chi connectivity index (χ4n) is 10.3. The molecule has 0 fully saturated rings. The van der Waals surface area contributed by atoms with Crippen LogP contribution in [0.2, 0.25) is 0 Å². The summed E-state index contributed by atoms with van der Waals surface area (Å²) in [5.74, 6) is 1.51. The van der Waals surface area contributed by atoms with E-state index in [0.717, 1.165) is 98.9 Å². The molecule has 0 aliphatic rings. The summed E-state index contributed by atoms with van der Waals surface area (Å²) < 4.78 is 13.4. The van der Waals surface area contributed by atoms with Crippen LogP contribution in [0.4, 0.5) is 0 Å². The fraction of sp³-hybridized carbons (Fsp3) is 0. The van der Waals surface area contributed by atoms with Crippen LogP contribution >= 0.6 is 0 Å². The topological polar surface area (TPSA) is 90.4 Å². The lowest BCUT2D eigenvalue weighted by molar-refractivity contribution is 0.669. The van der Waals surface area contributed by atoms with Gasteiger partial charge in [0.05, 0.1) is 49.7 Å². The first-order valence-corrected chi connectivity index (χ1v) is 21.9. The van der Waals surface area contributed by atoms with Crippen LogP contribution in [0.1, 0.15) is 5.56 Å². The first-order valence-electron chi connectivity index (χ1n) is 21.9. The normalized spacial score (nSPS) is 11.9. The second-order valence-electron chi connectivity index (χ2n) is 16.7. The van der Waals surface area contributed by atoms with E-state index in [4.69, 9.17) is 19.4 Å². The average molecular weight is 844 g/mol. The Morgan fingerprint density at radius 3 is 1.62 bits per heavy atom. The average Bonchev–Trinajstić information content (AvgIpc) is 4.12. The number of fused-ring (bicyclic) bond motifs is 13. The Hall–Kier alpha value is -9.32. The van der Waals surface area contributed by atoms with Gasteiger partial charge in [0.2, 0.25) is 5.95 Å². The van der Waals surface area contributed by atoms with E-state index >= 15 is 0 Å². The van der Waals surface area contributed by atoms with Gasteiger partial charge in [0.1, 0.15) is 17.2 Å². The highest BCUT2D eigenvalue weighted by Gasteiger charge is 2.23. The van der Waals surface area contributed by atoms with Gasteiger partial charge in [-0.2, -0.15) is 15.2 Å². The van der Waals surface area contributed by atoms with Gasteiger partial charge in [-0.25, -0.2) is 4.98 Å². The van der Waals surface area contributed by atoms with Crippen molar-refractivity contribution in [2.45, 2.75) is 0 Å². The number of furan rings is 1. The van der Waals surface area contributed by atoms with Crippen LogP contribution in [0.3, 0.4) is 0 Å². The van der Waals surface area contributed by atoms with Crippen LogP contribution in [0, 0.1) is 11.3 Å². The van der Waals surface area contributed by atoms with Crippen molar-refractivity contribution < 1.29 is 4.42 Å². The van der Waals surface area contributed by atoms with Crippen molar-refractivity contribution >= 4 is 87.4 Å². The number of aromatic nitrogens is 6. The maximum atomic E-state index is 11.1. The minimum Gasteiger partial charge on any atom is -0.456 e. The smallest absolute Gasteiger partial charge is 0.238 e. The number of rotatable bonds is 5. The van der Waals surface area contributed by atoms with Crippen LogP contribution in [0.15, 0.2) is 205 Å². The van der Waals surface area contributed by atoms with Crippen LogP contribution in [-0.4, -0.2) is 28.7 Å². The molecule has 66 heavy (non-hydrogen) atoms. The van der Waals surface area contributed by atoms with E-state index < -0.39 is 0 Å². The van der Waals surface area contributed by atoms with Crippen LogP contribution in [0.25, 0.3) is 127 Å². The third-order valence-electron chi connectivity index (χ3n) is 13.1. The second kappa shape index (κ2) is 13.8. The zero-order valence-corrected chi connectivity index (χ0v) is 35.1. The summed E-state index contributed by atoms with van der Waals surface area (Å²) in [7, 11) is 0. The molecule has 0 atom stereocenters. The summed E-state index contributed by atoms with van der Waals surface area (Å²) in [5, 5.41) is 19.8. The molecule has 0 amide bonds. The molecule has 9 aromatic carbocycles. The van der Waals surface area contributed by atoms with Crippen molar-refractivity contribution in [2.24, 2.45) is 0 Å². The van der Waals surface area contributed by atoms with E-state index in [0.29, 0.717) is 28.7 Å². The standard InChI is InChI=1S/C58H33N7O/c59-34-37-31-36(57-60-56(35-15-3-1-4-16-35)61-58(62-57)65-49-25-13-7-19-39(49)40-20-8-14-26-50(40)65)27-29-46(37)64-48-24-12-10-22-42(48)44-33-53-45(32-51(44)64)54-52(66-53)30-28-43-41-21-9-11-23-47(41)63(55(43)54)38-17-5-2-6-18-38/h1-33H. The molecule has 0 saturated heterocycles. The van der Waals surface area contributed by atoms with Crippen molar-refractivity contribution in [3.8, 4) is 46.2 Å². The highest BCUT2D eigenvalue weighted by molar-refractivity contribution is 6.26. The SMILES string of the molecule is N#Cc1cc(-c2nc(-c3ccccc3)nc(-n3c4ccccc4c4ccccc43)n2)ccc1-n1c2ccccc2c2cc3oc4ccc5c6ccccc6n(-c6ccccc6)c5c4c3cc21. The first-order chi connectivity index (χ1) is 32.7.